The van der Waals surface area contributed by atoms with Gasteiger partial charge >= 0.3 is 5.97 Å². The standard InChI is InChI=1S/C7H7NO3S/c1-4-5(8-10)3-6(12-4)7(9)11-2/h3H,1-2H3. The fourth-order valence-corrected chi connectivity index (χ4v) is 1.63. The molecule has 0 amide bonds. The molecule has 4 nitrogen and oxygen atoms in total. The molecule has 0 aliphatic carbocycles. The Morgan fingerprint density at radius 1 is 1.67 bits per heavy atom. The number of ether oxygens (including phenoxy) is 1. The van der Waals surface area contributed by atoms with E-state index in [0.29, 0.717) is 10.6 Å². The van der Waals surface area contributed by atoms with Gasteiger partial charge in [0.05, 0.1) is 7.11 Å². The molecule has 0 atom stereocenters. The smallest absolute Gasteiger partial charge is 0.348 e. The molecule has 1 heterocycles. The van der Waals surface area contributed by atoms with Gasteiger partial charge in [0.15, 0.2) is 0 Å². The van der Waals surface area contributed by atoms with Crippen molar-refractivity contribution >= 4 is 23.0 Å². The summed E-state index contributed by atoms with van der Waals surface area (Å²) >= 11 is 1.20. The third-order valence-electron chi connectivity index (χ3n) is 1.38. The average Bonchev–Trinajstić information content (AvgIpc) is 2.45. The molecule has 0 radical (unpaired) electrons. The molecule has 1 rings (SSSR count). The first-order valence-electron chi connectivity index (χ1n) is 3.21. The molecular weight excluding hydrogens is 178 g/mol. The number of nitrogens with zero attached hydrogens (tertiary/aromatic N) is 1. The van der Waals surface area contributed by atoms with Crippen molar-refractivity contribution in [2.75, 3.05) is 7.11 Å². The quantitative estimate of drug-likeness (QED) is 0.524. The summed E-state index contributed by atoms with van der Waals surface area (Å²) in [6.07, 6.45) is 0. The molecule has 12 heavy (non-hydrogen) atoms. The normalized spacial score (nSPS) is 9.50. The highest BCUT2D eigenvalue weighted by Gasteiger charge is 2.12. The Morgan fingerprint density at radius 2 is 2.33 bits per heavy atom. The number of hydrogen-bond acceptors (Lipinski definition) is 5. The molecule has 0 N–H and O–H groups in total. The lowest BCUT2D eigenvalue weighted by atomic mass is 10.4. The van der Waals surface area contributed by atoms with Gasteiger partial charge in [-0.3, -0.25) is 0 Å². The highest BCUT2D eigenvalue weighted by molar-refractivity contribution is 7.14. The van der Waals surface area contributed by atoms with Gasteiger partial charge in [-0.1, -0.05) is 0 Å². The lowest BCUT2D eigenvalue weighted by Crippen LogP contribution is -1.96. The summed E-state index contributed by atoms with van der Waals surface area (Å²) in [6.45, 7) is 1.73. The summed E-state index contributed by atoms with van der Waals surface area (Å²) < 4.78 is 4.48. The average molecular weight is 185 g/mol. The van der Waals surface area contributed by atoms with Crippen LogP contribution in [0.5, 0.6) is 0 Å². The Bertz CT molecular complexity index is 318. The van der Waals surface area contributed by atoms with E-state index >= 15 is 0 Å². The highest BCUT2D eigenvalue weighted by Crippen LogP contribution is 2.28. The third kappa shape index (κ3) is 1.50. The van der Waals surface area contributed by atoms with E-state index in [9.17, 15) is 9.70 Å². The number of thiophene rings is 1. The summed E-state index contributed by atoms with van der Waals surface area (Å²) in [5.74, 6) is -0.432. The number of methoxy groups -OCH3 is 1. The first kappa shape index (κ1) is 8.86. The minimum atomic E-state index is -0.432. The van der Waals surface area contributed by atoms with Gasteiger partial charge in [-0.25, -0.2) is 4.79 Å². The lowest BCUT2D eigenvalue weighted by Gasteiger charge is -1.90. The van der Waals surface area contributed by atoms with E-state index in [0.717, 1.165) is 4.88 Å². The maximum Gasteiger partial charge on any atom is 0.348 e. The van der Waals surface area contributed by atoms with Crippen molar-refractivity contribution in [1.82, 2.24) is 0 Å². The second kappa shape index (κ2) is 3.44. The topological polar surface area (TPSA) is 55.7 Å². The van der Waals surface area contributed by atoms with Crippen LogP contribution in [-0.4, -0.2) is 13.1 Å². The van der Waals surface area contributed by atoms with Crippen molar-refractivity contribution in [3.8, 4) is 0 Å². The highest BCUT2D eigenvalue weighted by atomic mass is 32.1. The SMILES string of the molecule is COC(=O)c1cc(N=O)c(C)s1. The molecule has 0 saturated carbocycles. The Morgan fingerprint density at radius 3 is 2.75 bits per heavy atom. The maximum absolute atomic E-state index is 10.9. The van der Waals surface area contributed by atoms with Crippen LogP contribution in [0, 0.1) is 11.8 Å². The minimum Gasteiger partial charge on any atom is -0.465 e. The third-order valence-corrected chi connectivity index (χ3v) is 2.40. The van der Waals surface area contributed by atoms with Crippen molar-refractivity contribution in [2.24, 2.45) is 5.18 Å². The Labute approximate surface area is 73.1 Å². The van der Waals surface area contributed by atoms with Gasteiger partial charge in [0.1, 0.15) is 10.6 Å². The molecule has 1 aromatic heterocycles. The molecule has 0 bridgehead atoms. The van der Waals surface area contributed by atoms with E-state index < -0.39 is 5.97 Å². The van der Waals surface area contributed by atoms with E-state index in [-0.39, 0.29) is 0 Å². The molecule has 0 aromatic carbocycles. The molecule has 64 valence electrons. The number of carbonyl (C=O) groups excluding carboxylic acids is 1. The first-order valence-corrected chi connectivity index (χ1v) is 4.02. The van der Waals surface area contributed by atoms with Crippen LogP contribution in [0.1, 0.15) is 14.5 Å². The predicted molar refractivity (Wildman–Crippen MR) is 45.9 cm³/mol. The van der Waals surface area contributed by atoms with E-state index in [2.05, 4.69) is 9.91 Å². The number of carbonyl (C=O) groups is 1. The monoisotopic (exact) mass is 185 g/mol. The zero-order valence-corrected chi connectivity index (χ0v) is 7.47. The fourth-order valence-electron chi connectivity index (χ4n) is 0.764. The summed E-state index contributed by atoms with van der Waals surface area (Å²) in [5, 5.41) is 2.76. The summed E-state index contributed by atoms with van der Waals surface area (Å²) in [7, 11) is 1.30. The van der Waals surface area contributed by atoms with Gasteiger partial charge < -0.3 is 4.74 Å². The van der Waals surface area contributed by atoms with Crippen LogP contribution in [0.3, 0.4) is 0 Å². The van der Waals surface area contributed by atoms with Gasteiger partial charge in [0.25, 0.3) is 0 Å². The molecule has 0 aliphatic heterocycles. The summed E-state index contributed by atoms with van der Waals surface area (Å²) in [6, 6.07) is 1.43. The fraction of sp³-hybridized carbons (Fsp3) is 0.286. The van der Waals surface area contributed by atoms with Gasteiger partial charge in [0, 0.05) is 4.88 Å². The molecule has 5 heteroatoms. The zero-order chi connectivity index (χ0) is 9.14. The van der Waals surface area contributed by atoms with Crippen molar-refractivity contribution in [2.45, 2.75) is 6.92 Å². The van der Waals surface area contributed by atoms with E-state index in [1.165, 1.54) is 24.5 Å². The molecule has 1 aromatic rings. The van der Waals surface area contributed by atoms with Gasteiger partial charge in [-0.15, -0.1) is 16.2 Å². The minimum absolute atomic E-state index is 0.306. The van der Waals surface area contributed by atoms with Crippen LogP contribution in [-0.2, 0) is 4.74 Å². The van der Waals surface area contributed by atoms with Crippen LogP contribution >= 0.6 is 11.3 Å². The van der Waals surface area contributed by atoms with E-state index in [1.807, 2.05) is 0 Å². The van der Waals surface area contributed by atoms with E-state index in [4.69, 9.17) is 0 Å². The molecule has 0 aliphatic rings. The zero-order valence-electron chi connectivity index (χ0n) is 6.66. The van der Waals surface area contributed by atoms with Crippen molar-refractivity contribution in [1.29, 1.82) is 0 Å². The Kier molecular flexibility index (Phi) is 2.54. The number of aryl methyl sites for hydroxylation is 1. The van der Waals surface area contributed by atoms with Crippen LogP contribution in [0.15, 0.2) is 11.2 Å². The molecular formula is C7H7NO3S. The second-order valence-electron chi connectivity index (χ2n) is 2.13. The van der Waals surface area contributed by atoms with E-state index in [1.54, 1.807) is 6.92 Å². The summed E-state index contributed by atoms with van der Waals surface area (Å²) in [4.78, 5) is 22.2. The molecule has 0 unspecified atom stereocenters. The Hall–Kier alpha value is -1.23. The number of esters is 1. The van der Waals surface area contributed by atoms with Gasteiger partial charge in [0.2, 0.25) is 0 Å². The number of nitroso groups, excluding NO2 is 1. The van der Waals surface area contributed by atoms with Crippen LogP contribution < -0.4 is 0 Å². The van der Waals surface area contributed by atoms with Crippen LogP contribution in [0.4, 0.5) is 5.69 Å². The number of rotatable bonds is 2. The Balaban J connectivity index is 3.04. The van der Waals surface area contributed by atoms with Crippen molar-refractivity contribution in [3.05, 3.63) is 20.7 Å². The largest absolute Gasteiger partial charge is 0.465 e. The van der Waals surface area contributed by atoms with Crippen LogP contribution in [0.2, 0.25) is 0 Å². The van der Waals surface area contributed by atoms with Gasteiger partial charge in [-0.05, 0) is 18.2 Å². The predicted octanol–water partition coefficient (Wildman–Crippen LogP) is 2.24. The summed E-state index contributed by atoms with van der Waals surface area (Å²) in [5.41, 5.74) is 0.306. The van der Waals surface area contributed by atoms with Crippen LogP contribution in [0.25, 0.3) is 0 Å². The molecule has 0 spiro atoms. The number of hydrogen-bond donors (Lipinski definition) is 0. The van der Waals surface area contributed by atoms with Crippen molar-refractivity contribution < 1.29 is 9.53 Å². The van der Waals surface area contributed by atoms with Crippen molar-refractivity contribution in [3.63, 3.8) is 0 Å². The molecule has 0 saturated heterocycles. The lowest BCUT2D eigenvalue weighted by molar-refractivity contribution is 0.0606. The molecule has 0 fully saturated rings. The maximum atomic E-state index is 10.9. The first-order chi connectivity index (χ1) is 5.69. The second-order valence-corrected chi connectivity index (χ2v) is 3.39. The van der Waals surface area contributed by atoms with Gasteiger partial charge in [-0.2, -0.15) is 0 Å².